The molecule has 5 nitrogen and oxygen atoms in total. The second-order valence-corrected chi connectivity index (χ2v) is 5.52. The Labute approximate surface area is 126 Å². The fourth-order valence-electron chi connectivity index (χ4n) is 1.91. The summed E-state index contributed by atoms with van der Waals surface area (Å²) in [5.41, 5.74) is 2.31. The minimum absolute atomic E-state index is 0.0299. The fourth-order valence-corrected chi connectivity index (χ4v) is 1.91. The monoisotopic (exact) mass is 294 g/mol. The molecule has 0 aromatic heterocycles. The summed E-state index contributed by atoms with van der Waals surface area (Å²) in [4.78, 5) is 11.6. The second-order valence-electron chi connectivity index (χ2n) is 5.52. The first-order chi connectivity index (χ1) is 9.92. The zero-order chi connectivity index (χ0) is 15.8. The summed E-state index contributed by atoms with van der Waals surface area (Å²) < 4.78 is 5.61. The lowest BCUT2D eigenvalue weighted by Gasteiger charge is -2.19. The van der Waals surface area contributed by atoms with Crippen molar-refractivity contribution >= 4 is 6.03 Å². The van der Waals surface area contributed by atoms with E-state index in [0.717, 1.165) is 16.9 Å². The van der Waals surface area contributed by atoms with Gasteiger partial charge in [0.2, 0.25) is 0 Å². The van der Waals surface area contributed by atoms with Crippen LogP contribution < -0.4 is 15.4 Å². The maximum Gasteiger partial charge on any atom is 0.315 e. The standard InChI is InChI=1S/C16H26N2O3/c1-11-7-12(2)9-15(8-11)21-6-5-17-16(20)18-14(4)13(3)10-19/h7-9,13-14,19H,5-6,10H2,1-4H3,(H2,17,18,20). The zero-order valence-electron chi connectivity index (χ0n) is 13.3. The van der Waals surface area contributed by atoms with Gasteiger partial charge in [0, 0.05) is 12.6 Å². The lowest BCUT2D eigenvalue weighted by Crippen LogP contribution is -2.45. The van der Waals surface area contributed by atoms with Gasteiger partial charge in [-0.15, -0.1) is 0 Å². The molecule has 0 spiro atoms. The summed E-state index contributed by atoms with van der Waals surface area (Å²) in [7, 11) is 0. The second kappa shape index (κ2) is 8.52. The van der Waals surface area contributed by atoms with Crippen molar-refractivity contribution in [3.63, 3.8) is 0 Å². The molecule has 0 bridgehead atoms. The molecule has 2 atom stereocenters. The van der Waals surface area contributed by atoms with Crippen LogP contribution >= 0.6 is 0 Å². The average molecular weight is 294 g/mol. The molecule has 0 radical (unpaired) electrons. The van der Waals surface area contributed by atoms with Crippen molar-refractivity contribution in [2.45, 2.75) is 33.7 Å². The van der Waals surface area contributed by atoms with E-state index in [9.17, 15) is 4.79 Å². The molecule has 2 unspecified atom stereocenters. The zero-order valence-corrected chi connectivity index (χ0v) is 13.3. The van der Waals surface area contributed by atoms with Gasteiger partial charge < -0.3 is 20.5 Å². The Balaban J connectivity index is 2.26. The van der Waals surface area contributed by atoms with Crippen molar-refractivity contribution in [3.05, 3.63) is 29.3 Å². The Hall–Kier alpha value is -1.75. The number of hydrogen-bond acceptors (Lipinski definition) is 3. The Morgan fingerprint density at radius 3 is 2.43 bits per heavy atom. The minimum atomic E-state index is -0.244. The lowest BCUT2D eigenvalue weighted by molar-refractivity contribution is 0.199. The number of amides is 2. The van der Waals surface area contributed by atoms with Gasteiger partial charge >= 0.3 is 6.03 Å². The molecular formula is C16H26N2O3. The minimum Gasteiger partial charge on any atom is -0.492 e. The Morgan fingerprint density at radius 1 is 1.24 bits per heavy atom. The number of aryl methyl sites for hydroxylation is 2. The van der Waals surface area contributed by atoms with Gasteiger partial charge in [0.1, 0.15) is 12.4 Å². The molecule has 3 N–H and O–H groups in total. The largest absolute Gasteiger partial charge is 0.492 e. The van der Waals surface area contributed by atoms with Crippen molar-refractivity contribution in [1.29, 1.82) is 0 Å². The molecule has 1 rings (SSSR count). The number of carbonyl (C=O) groups excluding carboxylic acids is 1. The predicted molar refractivity (Wildman–Crippen MR) is 83.7 cm³/mol. The van der Waals surface area contributed by atoms with Crippen molar-refractivity contribution in [3.8, 4) is 5.75 Å². The third-order valence-corrected chi connectivity index (χ3v) is 3.35. The van der Waals surface area contributed by atoms with Crippen LogP contribution in [-0.4, -0.2) is 36.9 Å². The summed E-state index contributed by atoms with van der Waals surface area (Å²) in [6, 6.07) is 5.71. The molecule has 5 heteroatoms. The van der Waals surface area contributed by atoms with Gasteiger partial charge in [0.05, 0.1) is 6.54 Å². The van der Waals surface area contributed by atoms with Crippen molar-refractivity contribution < 1.29 is 14.6 Å². The summed E-state index contributed by atoms with van der Waals surface area (Å²) in [6.07, 6.45) is 0. The van der Waals surface area contributed by atoms with Crippen LogP contribution in [0.3, 0.4) is 0 Å². The first-order valence-corrected chi connectivity index (χ1v) is 7.28. The third kappa shape index (κ3) is 6.49. The van der Waals surface area contributed by atoms with E-state index in [1.54, 1.807) is 0 Å². The van der Waals surface area contributed by atoms with Crippen LogP contribution in [0.1, 0.15) is 25.0 Å². The van der Waals surface area contributed by atoms with E-state index in [4.69, 9.17) is 9.84 Å². The normalized spacial score (nSPS) is 13.4. The van der Waals surface area contributed by atoms with Gasteiger partial charge in [0.25, 0.3) is 0 Å². The first kappa shape index (κ1) is 17.3. The summed E-state index contributed by atoms with van der Waals surface area (Å²) in [6.45, 7) is 8.70. The summed E-state index contributed by atoms with van der Waals surface area (Å²) in [5, 5.41) is 14.5. The van der Waals surface area contributed by atoms with Gasteiger partial charge in [-0.25, -0.2) is 4.79 Å². The van der Waals surface area contributed by atoms with E-state index in [1.807, 2.05) is 39.8 Å². The van der Waals surface area contributed by atoms with Crippen molar-refractivity contribution in [2.75, 3.05) is 19.8 Å². The van der Waals surface area contributed by atoms with Crippen LogP contribution in [0.4, 0.5) is 4.79 Å². The molecule has 0 aliphatic heterocycles. The van der Waals surface area contributed by atoms with Crippen LogP contribution in [0.25, 0.3) is 0 Å². The molecule has 0 aliphatic rings. The van der Waals surface area contributed by atoms with Crippen LogP contribution in [0, 0.1) is 19.8 Å². The van der Waals surface area contributed by atoms with E-state index >= 15 is 0 Å². The fraction of sp³-hybridized carbons (Fsp3) is 0.562. The first-order valence-electron chi connectivity index (χ1n) is 7.28. The smallest absolute Gasteiger partial charge is 0.315 e. The highest BCUT2D eigenvalue weighted by atomic mass is 16.5. The highest BCUT2D eigenvalue weighted by Gasteiger charge is 2.13. The highest BCUT2D eigenvalue weighted by molar-refractivity contribution is 5.74. The van der Waals surface area contributed by atoms with Crippen LogP contribution in [-0.2, 0) is 0 Å². The molecule has 0 heterocycles. The molecule has 0 saturated carbocycles. The average Bonchev–Trinajstić information content (AvgIpc) is 2.41. The van der Waals surface area contributed by atoms with Crippen molar-refractivity contribution in [2.24, 2.45) is 5.92 Å². The predicted octanol–water partition coefficient (Wildman–Crippen LogP) is 2.00. The maximum absolute atomic E-state index is 11.6. The summed E-state index contributed by atoms with van der Waals surface area (Å²) >= 11 is 0. The van der Waals surface area contributed by atoms with Crippen molar-refractivity contribution in [1.82, 2.24) is 10.6 Å². The Morgan fingerprint density at radius 2 is 1.86 bits per heavy atom. The van der Waals surface area contributed by atoms with Gasteiger partial charge in [-0.3, -0.25) is 0 Å². The highest BCUT2D eigenvalue weighted by Crippen LogP contribution is 2.15. The van der Waals surface area contributed by atoms with Gasteiger partial charge in [0.15, 0.2) is 0 Å². The Bertz CT molecular complexity index is 443. The number of aliphatic hydroxyl groups excluding tert-OH is 1. The molecule has 0 fully saturated rings. The van der Waals surface area contributed by atoms with Crippen LogP contribution in [0.2, 0.25) is 0 Å². The molecule has 21 heavy (non-hydrogen) atoms. The SMILES string of the molecule is Cc1cc(C)cc(OCCNC(=O)NC(C)C(C)CO)c1. The maximum atomic E-state index is 11.6. The van der Waals surface area contributed by atoms with E-state index in [1.165, 1.54) is 0 Å². The van der Waals surface area contributed by atoms with Gasteiger partial charge in [-0.1, -0.05) is 13.0 Å². The Kier molecular flexibility index (Phi) is 7.02. The topological polar surface area (TPSA) is 70.6 Å². The van der Waals surface area contributed by atoms with Gasteiger partial charge in [-0.05, 0) is 49.9 Å². The number of carbonyl (C=O) groups is 1. The number of rotatable bonds is 7. The van der Waals surface area contributed by atoms with Gasteiger partial charge in [-0.2, -0.15) is 0 Å². The number of urea groups is 1. The molecule has 118 valence electrons. The van der Waals surface area contributed by atoms with E-state index in [-0.39, 0.29) is 24.6 Å². The molecule has 0 aliphatic carbocycles. The molecule has 2 amide bonds. The molecule has 0 saturated heterocycles. The number of benzene rings is 1. The third-order valence-electron chi connectivity index (χ3n) is 3.35. The van der Waals surface area contributed by atoms with E-state index in [0.29, 0.717) is 13.2 Å². The molecular weight excluding hydrogens is 268 g/mol. The molecule has 1 aromatic rings. The van der Waals surface area contributed by atoms with E-state index in [2.05, 4.69) is 16.7 Å². The lowest BCUT2D eigenvalue weighted by atomic mass is 10.1. The van der Waals surface area contributed by atoms with Crippen LogP contribution in [0.5, 0.6) is 5.75 Å². The number of aliphatic hydroxyl groups is 1. The quantitative estimate of drug-likeness (QED) is 0.674. The molecule has 1 aromatic carbocycles. The van der Waals surface area contributed by atoms with E-state index < -0.39 is 0 Å². The summed E-state index contributed by atoms with van der Waals surface area (Å²) in [5.74, 6) is 0.847. The van der Waals surface area contributed by atoms with Crippen LogP contribution in [0.15, 0.2) is 18.2 Å². The number of ether oxygens (including phenoxy) is 1. The number of nitrogens with one attached hydrogen (secondary N) is 2. The number of hydrogen-bond donors (Lipinski definition) is 3.